The van der Waals surface area contributed by atoms with Gasteiger partial charge in [0, 0.05) is 5.39 Å². The van der Waals surface area contributed by atoms with Crippen LogP contribution in [0, 0.1) is 0 Å². The van der Waals surface area contributed by atoms with Crippen LogP contribution in [-0.4, -0.2) is 20.5 Å². The summed E-state index contributed by atoms with van der Waals surface area (Å²) >= 11 is 0. The number of rotatable bonds is 2. The fourth-order valence-electron chi connectivity index (χ4n) is 0.967. The van der Waals surface area contributed by atoms with E-state index in [0.29, 0.717) is 6.29 Å². The Morgan fingerprint density at radius 2 is 1.93 bits per heavy atom. The van der Waals surface area contributed by atoms with Crippen LogP contribution in [0.25, 0.3) is 11.0 Å². The zero-order valence-corrected chi connectivity index (χ0v) is 8.72. The third kappa shape index (κ3) is 3.95. The van der Waals surface area contributed by atoms with E-state index < -0.39 is 10.7 Å². The number of carbonyl (C=O) groups excluding carboxylic acids is 1. The highest BCUT2D eigenvalue weighted by Crippen LogP contribution is 2.12. The highest BCUT2D eigenvalue weighted by molar-refractivity contribution is 7.73. The van der Waals surface area contributed by atoms with Crippen molar-refractivity contribution in [3.63, 3.8) is 0 Å². The van der Waals surface area contributed by atoms with Crippen LogP contribution in [0.5, 0.6) is 0 Å². The molecule has 1 aromatic carbocycles. The lowest BCUT2D eigenvalue weighted by Gasteiger charge is -1.81. The maximum Gasteiger partial charge on any atom is 0.146 e. The lowest BCUT2D eigenvalue weighted by molar-refractivity contribution is -0.105. The summed E-state index contributed by atoms with van der Waals surface area (Å²) in [5.41, 5.74) is 0.956. The Labute approximate surface area is 88.5 Å². The van der Waals surface area contributed by atoms with Gasteiger partial charge in [-0.3, -0.25) is 0 Å². The van der Waals surface area contributed by atoms with E-state index >= 15 is 0 Å². The standard InChI is InChI=1S/C8H6O.C2H4O3S/c1-2-4-8-7(3-1)5-6-9-8;3-1-2-6(4)5/h1-6H;1,6H,2H2. The minimum Gasteiger partial charge on any atom is -0.464 e. The molecule has 0 aliphatic heterocycles. The van der Waals surface area contributed by atoms with E-state index in [1.165, 1.54) is 0 Å². The van der Waals surface area contributed by atoms with Gasteiger partial charge in [-0.2, -0.15) is 0 Å². The first-order valence-electron chi connectivity index (χ1n) is 4.21. The largest absolute Gasteiger partial charge is 0.464 e. The molecule has 0 amide bonds. The number of aldehydes is 1. The molecule has 0 saturated carbocycles. The van der Waals surface area contributed by atoms with Crippen LogP contribution in [-0.2, 0) is 15.5 Å². The van der Waals surface area contributed by atoms with Crippen LogP contribution in [0.2, 0.25) is 0 Å². The summed E-state index contributed by atoms with van der Waals surface area (Å²) in [6.45, 7) is 0. The molecule has 0 radical (unpaired) electrons. The maximum atomic E-state index is 9.41. The number of carbonyl (C=O) groups is 1. The van der Waals surface area contributed by atoms with Crippen molar-refractivity contribution in [2.75, 3.05) is 5.75 Å². The van der Waals surface area contributed by atoms with Gasteiger partial charge < -0.3 is 9.21 Å². The lowest BCUT2D eigenvalue weighted by atomic mass is 10.3. The van der Waals surface area contributed by atoms with Crippen molar-refractivity contribution in [3.8, 4) is 0 Å². The molecular weight excluding hydrogens is 216 g/mol. The summed E-state index contributed by atoms with van der Waals surface area (Å²) in [5, 5.41) is 1.16. The predicted molar refractivity (Wildman–Crippen MR) is 57.5 cm³/mol. The van der Waals surface area contributed by atoms with E-state index in [1.54, 1.807) is 6.26 Å². The first-order chi connectivity index (χ1) is 7.24. The average molecular weight is 226 g/mol. The summed E-state index contributed by atoms with van der Waals surface area (Å²) in [6.07, 6.45) is 2.05. The number of benzene rings is 1. The van der Waals surface area contributed by atoms with Crippen LogP contribution in [0.4, 0.5) is 0 Å². The van der Waals surface area contributed by atoms with Crippen molar-refractivity contribution in [1.82, 2.24) is 0 Å². The van der Waals surface area contributed by atoms with Crippen LogP contribution in [0.1, 0.15) is 0 Å². The zero-order valence-electron chi connectivity index (χ0n) is 7.83. The molecule has 0 spiro atoms. The molecule has 0 aliphatic rings. The Hall–Kier alpha value is -1.62. The predicted octanol–water partition coefficient (Wildman–Crippen LogP) is 1.23. The Bertz CT molecular complexity index is 461. The highest BCUT2D eigenvalue weighted by Gasteiger charge is 1.89. The molecule has 0 bridgehead atoms. The van der Waals surface area contributed by atoms with Gasteiger partial charge in [-0.05, 0) is 12.1 Å². The Morgan fingerprint density at radius 1 is 1.20 bits per heavy atom. The monoisotopic (exact) mass is 226 g/mol. The molecule has 0 N–H and O–H groups in total. The summed E-state index contributed by atoms with van der Waals surface area (Å²) in [7, 11) is -2.47. The molecule has 0 aliphatic carbocycles. The number of para-hydroxylation sites is 1. The SMILES string of the molecule is O=CC[SH](=O)=O.c1ccc2occc2c1. The molecule has 0 fully saturated rings. The van der Waals surface area contributed by atoms with Crippen LogP contribution >= 0.6 is 0 Å². The van der Waals surface area contributed by atoms with E-state index in [2.05, 4.69) is 0 Å². The van der Waals surface area contributed by atoms with Crippen molar-refractivity contribution in [1.29, 1.82) is 0 Å². The third-order valence-electron chi connectivity index (χ3n) is 1.59. The molecule has 2 rings (SSSR count). The van der Waals surface area contributed by atoms with Crippen molar-refractivity contribution in [3.05, 3.63) is 36.6 Å². The summed E-state index contributed by atoms with van der Waals surface area (Å²) in [6, 6.07) is 9.90. The minimum atomic E-state index is -2.47. The number of thiol groups is 1. The maximum absolute atomic E-state index is 9.41. The fourth-order valence-corrected chi connectivity index (χ4v) is 1.09. The van der Waals surface area contributed by atoms with Gasteiger partial charge in [0.1, 0.15) is 28.3 Å². The van der Waals surface area contributed by atoms with Crippen molar-refractivity contribution >= 4 is 28.0 Å². The smallest absolute Gasteiger partial charge is 0.146 e. The van der Waals surface area contributed by atoms with Crippen LogP contribution < -0.4 is 0 Å². The topological polar surface area (TPSA) is 64.3 Å². The number of hydrogen-bond acceptors (Lipinski definition) is 4. The van der Waals surface area contributed by atoms with Crippen LogP contribution in [0.3, 0.4) is 0 Å². The van der Waals surface area contributed by atoms with Gasteiger partial charge in [0.25, 0.3) is 0 Å². The van der Waals surface area contributed by atoms with E-state index in [0.717, 1.165) is 11.0 Å². The van der Waals surface area contributed by atoms with Gasteiger partial charge in [0.15, 0.2) is 0 Å². The normalized spacial score (nSPS) is 9.67. The zero-order chi connectivity index (χ0) is 11.1. The van der Waals surface area contributed by atoms with E-state index in [9.17, 15) is 13.2 Å². The Kier molecular flexibility index (Phi) is 4.56. The molecule has 5 heteroatoms. The Morgan fingerprint density at radius 3 is 2.47 bits per heavy atom. The number of furan rings is 1. The van der Waals surface area contributed by atoms with Crippen molar-refractivity contribution < 1.29 is 17.6 Å². The van der Waals surface area contributed by atoms with Crippen molar-refractivity contribution in [2.24, 2.45) is 0 Å². The number of hydrogen-bond donors (Lipinski definition) is 1. The quantitative estimate of drug-likeness (QED) is 0.618. The van der Waals surface area contributed by atoms with E-state index in [4.69, 9.17) is 4.42 Å². The fraction of sp³-hybridized carbons (Fsp3) is 0.100. The molecule has 15 heavy (non-hydrogen) atoms. The molecular formula is C10H10O4S. The second-order valence-electron chi connectivity index (χ2n) is 2.64. The molecule has 1 aromatic heterocycles. The van der Waals surface area contributed by atoms with Gasteiger partial charge in [-0.15, -0.1) is 0 Å². The van der Waals surface area contributed by atoms with Gasteiger partial charge in [-0.1, -0.05) is 18.2 Å². The van der Waals surface area contributed by atoms with E-state index in [-0.39, 0.29) is 5.75 Å². The molecule has 0 atom stereocenters. The Balaban J connectivity index is 0.000000167. The molecule has 2 aromatic rings. The van der Waals surface area contributed by atoms with Gasteiger partial charge >= 0.3 is 0 Å². The number of fused-ring (bicyclic) bond motifs is 1. The first kappa shape index (κ1) is 11.5. The first-order valence-corrected chi connectivity index (χ1v) is 5.58. The highest BCUT2D eigenvalue weighted by atomic mass is 32.2. The lowest BCUT2D eigenvalue weighted by Crippen LogP contribution is -1.84. The van der Waals surface area contributed by atoms with Crippen LogP contribution in [0.15, 0.2) is 41.0 Å². The van der Waals surface area contributed by atoms with E-state index in [1.807, 2.05) is 30.3 Å². The third-order valence-corrected chi connectivity index (χ3v) is 2.03. The summed E-state index contributed by atoms with van der Waals surface area (Å²) in [5.74, 6) is -0.352. The molecule has 4 nitrogen and oxygen atoms in total. The second-order valence-corrected chi connectivity index (χ2v) is 3.67. The van der Waals surface area contributed by atoms with Gasteiger partial charge in [0.05, 0.1) is 6.26 Å². The van der Waals surface area contributed by atoms with Gasteiger partial charge in [0.2, 0.25) is 0 Å². The molecule has 0 saturated heterocycles. The summed E-state index contributed by atoms with van der Waals surface area (Å²) in [4.78, 5) is 9.23. The van der Waals surface area contributed by atoms with Crippen molar-refractivity contribution in [2.45, 2.75) is 0 Å². The molecule has 80 valence electrons. The molecule has 1 heterocycles. The average Bonchev–Trinajstić information content (AvgIpc) is 2.65. The minimum absolute atomic E-state index is 0.352. The van der Waals surface area contributed by atoms with Gasteiger partial charge in [-0.25, -0.2) is 8.42 Å². The summed E-state index contributed by atoms with van der Waals surface area (Å²) < 4.78 is 23.9. The second kappa shape index (κ2) is 5.98. The molecule has 0 unspecified atom stereocenters.